The van der Waals surface area contributed by atoms with Crippen molar-refractivity contribution in [1.29, 1.82) is 0 Å². The second-order valence-corrected chi connectivity index (χ2v) is 10.1. The van der Waals surface area contributed by atoms with Crippen LogP contribution < -0.4 is 0 Å². The van der Waals surface area contributed by atoms with Gasteiger partial charge in [-0.05, 0) is 25.0 Å². The summed E-state index contributed by atoms with van der Waals surface area (Å²) in [5.41, 5.74) is 0.383. The van der Waals surface area contributed by atoms with E-state index in [0.29, 0.717) is 18.5 Å². The molecule has 0 bridgehead atoms. The summed E-state index contributed by atoms with van der Waals surface area (Å²) < 4.78 is 57.4. The molecule has 5 rings (SSSR count). The number of methoxy groups -OCH3 is 1. The topological polar surface area (TPSA) is 120 Å². The molecular formula is C24H28ClF3N6O4. The third-order valence-electron chi connectivity index (χ3n) is 7.32. The van der Waals surface area contributed by atoms with Gasteiger partial charge in [-0.15, -0.1) is 10.2 Å². The molecule has 3 heterocycles. The molecule has 10 nitrogen and oxygen atoms in total. The quantitative estimate of drug-likeness (QED) is 0.426. The fourth-order valence-corrected chi connectivity index (χ4v) is 5.48. The summed E-state index contributed by atoms with van der Waals surface area (Å²) in [6, 6.07) is 1.21. The van der Waals surface area contributed by atoms with Crippen molar-refractivity contribution < 1.29 is 32.9 Å². The maximum Gasteiger partial charge on any atom is 0.178 e. The highest BCUT2D eigenvalue weighted by Crippen LogP contribution is 2.35. The van der Waals surface area contributed by atoms with Gasteiger partial charge in [0, 0.05) is 25.3 Å². The fourth-order valence-electron chi connectivity index (χ4n) is 5.34. The Morgan fingerprint density at radius 1 is 1.08 bits per heavy atom. The summed E-state index contributed by atoms with van der Waals surface area (Å²) >= 11 is 5.65. The predicted molar refractivity (Wildman–Crippen MR) is 128 cm³/mol. The molecule has 0 amide bonds. The van der Waals surface area contributed by atoms with E-state index in [0.717, 1.165) is 12.8 Å². The van der Waals surface area contributed by atoms with E-state index in [1.165, 1.54) is 30.1 Å². The first-order valence-electron chi connectivity index (χ1n) is 12.4. The maximum absolute atomic E-state index is 14.5. The molecule has 2 fully saturated rings. The van der Waals surface area contributed by atoms with Crippen molar-refractivity contribution in [2.45, 2.75) is 74.8 Å². The van der Waals surface area contributed by atoms with Crippen LogP contribution >= 0.6 is 11.6 Å². The van der Waals surface area contributed by atoms with Crippen LogP contribution in [0.15, 0.2) is 24.5 Å². The molecule has 1 saturated heterocycles. The van der Waals surface area contributed by atoms with E-state index >= 15 is 0 Å². The average molecular weight is 557 g/mol. The molecule has 2 aliphatic rings. The van der Waals surface area contributed by atoms with Crippen molar-refractivity contribution >= 4 is 11.6 Å². The third kappa shape index (κ3) is 5.05. The number of aliphatic hydroxyl groups excluding tert-OH is 2. The minimum Gasteiger partial charge on any atom is -0.394 e. The number of aliphatic hydroxyl groups is 2. The molecule has 14 heteroatoms. The van der Waals surface area contributed by atoms with Gasteiger partial charge >= 0.3 is 0 Å². The number of benzene rings is 1. The lowest BCUT2D eigenvalue weighted by molar-refractivity contribution is -0.212. The van der Waals surface area contributed by atoms with E-state index in [4.69, 9.17) is 21.1 Å². The zero-order valence-electron chi connectivity index (χ0n) is 20.5. The summed E-state index contributed by atoms with van der Waals surface area (Å²) in [5, 5.41) is 36.8. The largest absolute Gasteiger partial charge is 0.394 e. The number of halogens is 4. The molecule has 0 unspecified atom stereocenters. The molecule has 1 aromatic carbocycles. The number of ether oxygens (including phenoxy) is 2. The standard InChI is InChI=1S/C24H28ClF3N6O4/c1-37-24-18(8-12-9-33(31-29-12)17-5-3-2-4-15(17)26)38-19(11-35)23(36)22(24)34-10-16(30-32-34)13-6-7-14(25)21(28)20(13)27/h6-7,9-10,15,17-19,22-24,35-36H,2-5,8,11H2,1H3/t15-,17-,18+,19+,22-,23-,24-/m0/s1. The van der Waals surface area contributed by atoms with Crippen LogP contribution in [-0.2, 0) is 15.9 Å². The number of alkyl halides is 1. The normalized spacial score (nSPS) is 30.0. The Kier molecular flexibility index (Phi) is 8.00. The summed E-state index contributed by atoms with van der Waals surface area (Å²) in [4.78, 5) is 0. The lowest BCUT2D eigenvalue weighted by atomic mass is 9.90. The molecule has 3 aromatic rings. The lowest BCUT2D eigenvalue weighted by Gasteiger charge is -2.43. The van der Waals surface area contributed by atoms with Gasteiger partial charge in [-0.3, -0.25) is 0 Å². The average Bonchev–Trinajstić information content (AvgIpc) is 3.58. The van der Waals surface area contributed by atoms with Crippen molar-refractivity contribution in [3.05, 3.63) is 46.9 Å². The van der Waals surface area contributed by atoms with E-state index in [1.54, 1.807) is 10.9 Å². The Balaban J connectivity index is 1.41. The SMILES string of the molecule is CO[C@@H]1[C@@H](n2cc(-c3ccc(Cl)c(F)c3F)nn2)[C@@H](O)[C@@H](CO)O[C@@H]1Cc1cn([C@H]2CCCC[C@@H]2F)nn1. The molecule has 38 heavy (non-hydrogen) atoms. The molecule has 2 aromatic heterocycles. The smallest absolute Gasteiger partial charge is 0.178 e. The minimum absolute atomic E-state index is 0.0138. The summed E-state index contributed by atoms with van der Waals surface area (Å²) in [7, 11) is 1.43. The number of hydrogen-bond acceptors (Lipinski definition) is 8. The van der Waals surface area contributed by atoms with Crippen LogP contribution in [0.5, 0.6) is 0 Å². The first kappa shape index (κ1) is 27.0. The summed E-state index contributed by atoms with van der Waals surface area (Å²) in [6.07, 6.45) is 1.38. The molecular weight excluding hydrogens is 529 g/mol. The van der Waals surface area contributed by atoms with Gasteiger partial charge in [-0.1, -0.05) is 34.9 Å². The van der Waals surface area contributed by atoms with Gasteiger partial charge in [-0.25, -0.2) is 22.5 Å². The Bertz CT molecular complexity index is 1260. The van der Waals surface area contributed by atoms with Crippen molar-refractivity contribution in [1.82, 2.24) is 30.0 Å². The maximum atomic E-state index is 14.5. The number of hydrogen-bond donors (Lipinski definition) is 2. The first-order chi connectivity index (χ1) is 18.3. The summed E-state index contributed by atoms with van der Waals surface area (Å²) in [5.74, 6) is -2.39. The van der Waals surface area contributed by atoms with E-state index in [2.05, 4.69) is 20.6 Å². The summed E-state index contributed by atoms with van der Waals surface area (Å²) in [6.45, 7) is -0.499. The monoisotopic (exact) mass is 556 g/mol. The highest BCUT2D eigenvalue weighted by Gasteiger charge is 2.47. The van der Waals surface area contributed by atoms with Crippen molar-refractivity contribution in [3.8, 4) is 11.3 Å². The van der Waals surface area contributed by atoms with Gasteiger partial charge in [-0.2, -0.15) is 0 Å². The van der Waals surface area contributed by atoms with Crippen LogP contribution in [0, 0.1) is 11.6 Å². The van der Waals surface area contributed by atoms with Crippen molar-refractivity contribution in [3.63, 3.8) is 0 Å². The Labute approximate surface area is 221 Å². The fraction of sp³-hybridized carbons (Fsp3) is 0.583. The molecule has 7 atom stereocenters. The molecule has 0 radical (unpaired) electrons. The molecule has 206 valence electrons. The zero-order valence-corrected chi connectivity index (χ0v) is 21.3. The Morgan fingerprint density at radius 2 is 1.84 bits per heavy atom. The van der Waals surface area contributed by atoms with Crippen LogP contribution in [0.1, 0.15) is 43.5 Å². The Morgan fingerprint density at radius 3 is 2.58 bits per heavy atom. The third-order valence-corrected chi connectivity index (χ3v) is 7.61. The van der Waals surface area contributed by atoms with Gasteiger partial charge in [0.25, 0.3) is 0 Å². The molecule has 1 aliphatic carbocycles. The van der Waals surface area contributed by atoms with Crippen LogP contribution in [0.4, 0.5) is 13.2 Å². The second-order valence-electron chi connectivity index (χ2n) is 9.65. The van der Waals surface area contributed by atoms with Gasteiger partial charge in [0.05, 0.1) is 35.7 Å². The zero-order chi connectivity index (χ0) is 27.0. The highest BCUT2D eigenvalue weighted by molar-refractivity contribution is 6.30. The van der Waals surface area contributed by atoms with Crippen molar-refractivity contribution in [2.24, 2.45) is 0 Å². The van der Waals surface area contributed by atoms with Gasteiger partial charge in [0.2, 0.25) is 0 Å². The van der Waals surface area contributed by atoms with Crippen LogP contribution in [0.2, 0.25) is 5.02 Å². The minimum atomic E-state index is -1.27. The van der Waals surface area contributed by atoms with E-state index < -0.39 is 54.9 Å². The number of nitrogens with zero attached hydrogens (tertiary/aromatic N) is 6. The van der Waals surface area contributed by atoms with E-state index in [-0.39, 0.29) is 28.7 Å². The number of rotatable bonds is 7. The second kappa shape index (κ2) is 11.3. The van der Waals surface area contributed by atoms with E-state index in [9.17, 15) is 23.4 Å². The highest BCUT2D eigenvalue weighted by atomic mass is 35.5. The van der Waals surface area contributed by atoms with Gasteiger partial charge in [0.1, 0.15) is 36.2 Å². The van der Waals surface area contributed by atoms with Gasteiger partial charge < -0.3 is 19.7 Å². The van der Waals surface area contributed by atoms with Crippen molar-refractivity contribution in [2.75, 3.05) is 13.7 Å². The first-order valence-corrected chi connectivity index (χ1v) is 12.8. The van der Waals surface area contributed by atoms with E-state index in [1.807, 2.05) is 0 Å². The number of aromatic nitrogens is 6. The van der Waals surface area contributed by atoms with Crippen LogP contribution in [0.25, 0.3) is 11.3 Å². The van der Waals surface area contributed by atoms with Gasteiger partial charge in [0.15, 0.2) is 11.6 Å². The molecule has 2 N–H and O–H groups in total. The lowest BCUT2D eigenvalue weighted by Crippen LogP contribution is -2.57. The molecule has 1 aliphatic heterocycles. The Hall–Kier alpha value is -2.58. The predicted octanol–water partition coefficient (Wildman–Crippen LogP) is 2.84. The molecule has 0 spiro atoms. The molecule has 1 saturated carbocycles. The van der Waals surface area contributed by atoms with Crippen LogP contribution in [0.3, 0.4) is 0 Å². The van der Waals surface area contributed by atoms with Crippen LogP contribution in [-0.4, -0.2) is 84.5 Å².